The van der Waals surface area contributed by atoms with E-state index >= 15 is 0 Å². The molecule has 0 fully saturated rings. The van der Waals surface area contributed by atoms with Crippen LogP contribution in [-0.4, -0.2) is 10.8 Å². The summed E-state index contributed by atoms with van der Waals surface area (Å²) in [6, 6.07) is 7.76. The Kier molecular flexibility index (Phi) is 1.66. The summed E-state index contributed by atoms with van der Waals surface area (Å²) in [5.41, 5.74) is 0.910. The van der Waals surface area contributed by atoms with Gasteiger partial charge in [-0.05, 0) is 12.1 Å². The van der Waals surface area contributed by atoms with E-state index in [1.165, 1.54) is 18.3 Å². The predicted molar refractivity (Wildman–Crippen MR) is 49.6 cm³/mol. The van der Waals surface area contributed by atoms with Crippen LogP contribution in [0.25, 0.3) is 10.2 Å². The van der Waals surface area contributed by atoms with Gasteiger partial charge in [-0.3, -0.25) is 4.79 Å². The monoisotopic (exact) mass is 177 g/mol. The summed E-state index contributed by atoms with van der Waals surface area (Å²) in [5, 5.41) is 0.594. The Labute approximate surface area is 73.9 Å². The number of ketones is 1. The molecule has 2 nitrogen and oxygen atoms in total. The van der Waals surface area contributed by atoms with Gasteiger partial charge in [0.05, 0.1) is 10.2 Å². The average Bonchev–Trinajstić information content (AvgIpc) is 2.46. The van der Waals surface area contributed by atoms with Crippen LogP contribution in [0.2, 0.25) is 0 Å². The molecule has 1 heterocycles. The van der Waals surface area contributed by atoms with Gasteiger partial charge in [0.2, 0.25) is 0 Å². The highest BCUT2D eigenvalue weighted by molar-refractivity contribution is 7.20. The number of carbonyl (C=O) groups is 1. The third-order valence-corrected chi connectivity index (χ3v) is 2.73. The fourth-order valence-corrected chi connectivity index (χ4v) is 1.88. The van der Waals surface area contributed by atoms with Gasteiger partial charge in [-0.15, -0.1) is 11.3 Å². The maximum absolute atomic E-state index is 11.0. The summed E-state index contributed by atoms with van der Waals surface area (Å²) < 4.78 is 1.07. The number of nitrogens with zero attached hydrogens (tertiary/aromatic N) is 1. The molecule has 3 heteroatoms. The first kappa shape index (κ1) is 7.43. The number of thiazole rings is 1. The molecule has 0 radical (unpaired) electrons. The molecule has 0 bridgehead atoms. The molecule has 1 aromatic heterocycles. The van der Waals surface area contributed by atoms with Crippen LogP contribution in [-0.2, 0) is 0 Å². The number of benzene rings is 1. The summed E-state index contributed by atoms with van der Waals surface area (Å²) in [6.45, 7) is 1.54. The quantitative estimate of drug-likeness (QED) is 0.626. The average molecular weight is 177 g/mol. The molecule has 2 rings (SSSR count). The molecule has 0 saturated heterocycles. The van der Waals surface area contributed by atoms with Crippen molar-refractivity contribution in [3.05, 3.63) is 29.3 Å². The maximum Gasteiger partial charge on any atom is 0.188 e. The zero-order chi connectivity index (χ0) is 8.55. The minimum Gasteiger partial charge on any atom is -0.292 e. The molecule has 0 spiro atoms. The van der Waals surface area contributed by atoms with Gasteiger partial charge in [0.1, 0.15) is 0 Å². The lowest BCUT2D eigenvalue weighted by Crippen LogP contribution is -1.87. The van der Waals surface area contributed by atoms with Crippen molar-refractivity contribution >= 4 is 27.3 Å². The molecule has 0 aliphatic heterocycles. The van der Waals surface area contributed by atoms with E-state index in [1.807, 2.05) is 24.3 Å². The van der Waals surface area contributed by atoms with Crippen LogP contribution in [0.5, 0.6) is 0 Å². The first-order valence-corrected chi connectivity index (χ1v) is 4.45. The SMILES string of the molecule is CC(=O)c1nc2ccccc2s1. The fourth-order valence-electron chi connectivity index (χ4n) is 1.02. The molecule has 0 aliphatic carbocycles. The number of para-hydroxylation sites is 1. The summed E-state index contributed by atoms with van der Waals surface area (Å²) in [5.74, 6) is 0.0381. The number of rotatable bonds is 1. The highest BCUT2D eigenvalue weighted by Gasteiger charge is 2.05. The Morgan fingerprint density at radius 1 is 1.42 bits per heavy atom. The third kappa shape index (κ3) is 1.12. The number of fused-ring (bicyclic) bond motifs is 1. The van der Waals surface area contributed by atoms with E-state index < -0.39 is 0 Å². The second-order valence-corrected chi connectivity index (χ2v) is 3.57. The van der Waals surface area contributed by atoms with Gasteiger partial charge in [0, 0.05) is 6.92 Å². The summed E-state index contributed by atoms with van der Waals surface area (Å²) in [7, 11) is 0. The predicted octanol–water partition coefficient (Wildman–Crippen LogP) is 2.50. The van der Waals surface area contributed by atoms with Crippen LogP contribution in [0, 0.1) is 0 Å². The number of Topliss-reactive ketones (excluding diaryl/α,β-unsaturated/α-hetero) is 1. The van der Waals surface area contributed by atoms with Crippen LogP contribution in [0.3, 0.4) is 0 Å². The van der Waals surface area contributed by atoms with Gasteiger partial charge in [0.15, 0.2) is 10.8 Å². The molecular weight excluding hydrogens is 170 g/mol. The van der Waals surface area contributed by atoms with Crippen LogP contribution in [0.15, 0.2) is 24.3 Å². The van der Waals surface area contributed by atoms with Crippen LogP contribution >= 0.6 is 11.3 Å². The van der Waals surface area contributed by atoms with Crippen molar-refractivity contribution in [3.8, 4) is 0 Å². The number of aromatic nitrogens is 1. The Hall–Kier alpha value is -1.22. The van der Waals surface area contributed by atoms with Gasteiger partial charge in [0.25, 0.3) is 0 Å². The minimum atomic E-state index is 0.0381. The van der Waals surface area contributed by atoms with E-state index in [2.05, 4.69) is 4.98 Å². The van der Waals surface area contributed by atoms with Crippen LogP contribution in [0.4, 0.5) is 0 Å². The summed E-state index contributed by atoms with van der Waals surface area (Å²) in [6.07, 6.45) is 0. The highest BCUT2D eigenvalue weighted by atomic mass is 32.1. The van der Waals surface area contributed by atoms with E-state index in [0.29, 0.717) is 5.01 Å². The standard InChI is InChI=1S/C9H7NOS/c1-6(11)9-10-7-4-2-3-5-8(7)12-9/h2-5H,1H3. The maximum atomic E-state index is 11.0. The molecule has 2 aromatic rings. The molecule has 0 saturated carbocycles. The topological polar surface area (TPSA) is 30.0 Å². The fraction of sp³-hybridized carbons (Fsp3) is 0.111. The second-order valence-electron chi connectivity index (χ2n) is 2.54. The Bertz CT molecular complexity index is 400. The molecule has 12 heavy (non-hydrogen) atoms. The molecule has 0 amide bonds. The van der Waals surface area contributed by atoms with E-state index in [-0.39, 0.29) is 5.78 Å². The number of carbonyl (C=O) groups excluding carboxylic acids is 1. The van der Waals surface area contributed by atoms with Crippen molar-refractivity contribution in [3.63, 3.8) is 0 Å². The van der Waals surface area contributed by atoms with Crippen molar-refractivity contribution in [1.29, 1.82) is 0 Å². The van der Waals surface area contributed by atoms with E-state index in [0.717, 1.165) is 10.2 Å². The van der Waals surface area contributed by atoms with Crippen LogP contribution < -0.4 is 0 Å². The van der Waals surface area contributed by atoms with Crippen molar-refractivity contribution in [2.45, 2.75) is 6.92 Å². The van der Waals surface area contributed by atoms with E-state index in [9.17, 15) is 4.79 Å². The zero-order valence-electron chi connectivity index (χ0n) is 6.57. The lowest BCUT2D eigenvalue weighted by atomic mass is 10.3. The lowest BCUT2D eigenvalue weighted by molar-refractivity contribution is 0.101. The van der Waals surface area contributed by atoms with Crippen molar-refractivity contribution in [2.24, 2.45) is 0 Å². The van der Waals surface area contributed by atoms with Gasteiger partial charge in [-0.25, -0.2) is 4.98 Å². The Morgan fingerprint density at radius 3 is 2.83 bits per heavy atom. The zero-order valence-corrected chi connectivity index (χ0v) is 7.39. The Balaban J connectivity index is 2.70. The first-order valence-electron chi connectivity index (χ1n) is 3.64. The third-order valence-electron chi connectivity index (χ3n) is 1.60. The molecule has 0 aliphatic rings. The molecule has 1 aromatic carbocycles. The molecule has 0 N–H and O–H groups in total. The first-order chi connectivity index (χ1) is 5.77. The van der Waals surface area contributed by atoms with E-state index in [1.54, 1.807) is 0 Å². The molecule has 60 valence electrons. The largest absolute Gasteiger partial charge is 0.292 e. The van der Waals surface area contributed by atoms with Crippen molar-refractivity contribution in [1.82, 2.24) is 4.98 Å². The number of hydrogen-bond acceptors (Lipinski definition) is 3. The molecule has 0 unspecified atom stereocenters. The minimum absolute atomic E-state index is 0.0381. The van der Waals surface area contributed by atoms with Crippen LogP contribution in [0.1, 0.15) is 16.7 Å². The van der Waals surface area contributed by atoms with Crippen molar-refractivity contribution < 1.29 is 4.79 Å². The summed E-state index contributed by atoms with van der Waals surface area (Å²) >= 11 is 1.44. The van der Waals surface area contributed by atoms with Gasteiger partial charge >= 0.3 is 0 Å². The van der Waals surface area contributed by atoms with Gasteiger partial charge < -0.3 is 0 Å². The Morgan fingerprint density at radius 2 is 2.17 bits per heavy atom. The number of hydrogen-bond donors (Lipinski definition) is 0. The second kappa shape index (κ2) is 2.68. The van der Waals surface area contributed by atoms with Crippen molar-refractivity contribution in [2.75, 3.05) is 0 Å². The van der Waals surface area contributed by atoms with E-state index in [4.69, 9.17) is 0 Å². The normalized spacial score (nSPS) is 10.4. The lowest BCUT2D eigenvalue weighted by Gasteiger charge is -1.80. The summed E-state index contributed by atoms with van der Waals surface area (Å²) in [4.78, 5) is 15.1. The molecular formula is C9H7NOS. The smallest absolute Gasteiger partial charge is 0.188 e. The van der Waals surface area contributed by atoms with Gasteiger partial charge in [-0.1, -0.05) is 12.1 Å². The van der Waals surface area contributed by atoms with Gasteiger partial charge in [-0.2, -0.15) is 0 Å². The highest BCUT2D eigenvalue weighted by Crippen LogP contribution is 2.21. The molecule has 0 atom stereocenters.